The van der Waals surface area contributed by atoms with Crippen LogP contribution in [-0.4, -0.2) is 14.3 Å². The van der Waals surface area contributed by atoms with Crippen LogP contribution in [0.3, 0.4) is 0 Å². The molecule has 4 aromatic carbocycles. The summed E-state index contributed by atoms with van der Waals surface area (Å²) >= 11 is 0. The zero-order valence-corrected chi connectivity index (χ0v) is 19.2. The van der Waals surface area contributed by atoms with Crippen LogP contribution in [0.1, 0.15) is 46.8 Å². The van der Waals surface area contributed by atoms with E-state index in [-0.39, 0.29) is 10.5 Å². The minimum absolute atomic E-state index is 0.0422. The van der Waals surface area contributed by atoms with Crippen molar-refractivity contribution < 1.29 is 13.2 Å². The molecule has 0 bridgehead atoms. The van der Waals surface area contributed by atoms with Crippen LogP contribution in [0.5, 0.6) is 0 Å². The van der Waals surface area contributed by atoms with Gasteiger partial charge in [-0.15, -0.1) is 0 Å². The first-order valence-electron chi connectivity index (χ1n) is 10.6. The van der Waals surface area contributed by atoms with E-state index in [9.17, 15) is 13.2 Å². The van der Waals surface area contributed by atoms with E-state index in [1.165, 1.54) is 11.6 Å². The molecule has 4 nitrogen and oxygen atoms in total. The molecule has 0 heterocycles. The highest BCUT2D eigenvalue weighted by molar-refractivity contribution is 7.90. The molecule has 1 N–H and O–H groups in total. The predicted octanol–water partition coefficient (Wildman–Crippen LogP) is 5.48. The van der Waals surface area contributed by atoms with Crippen molar-refractivity contribution >= 4 is 26.7 Å². The number of nitrogens with one attached hydrogen (secondary N) is 1. The van der Waals surface area contributed by atoms with Crippen molar-refractivity contribution in [3.05, 3.63) is 113 Å². The van der Waals surface area contributed by atoms with E-state index in [4.69, 9.17) is 0 Å². The Labute approximate surface area is 194 Å². The van der Waals surface area contributed by atoms with E-state index in [0.717, 1.165) is 21.9 Å². The third kappa shape index (κ3) is 5.31. The summed E-state index contributed by atoms with van der Waals surface area (Å²) in [5, 5.41) is 1.71. The number of benzene rings is 4. The first-order valence-corrected chi connectivity index (χ1v) is 12.1. The summed E-state index contributed by atoms with van der Waals surface area (Å²) in [6.45, 7) is 4.29. The van der Waals surface area contributed by atoms with Gasteiger partial charge in [-0.25, -0.2) is 13.1 Å². The van der Waals surface area contributed by atoms with Crippen LogP contribution in [-0.2, 0) is 10.0 Å². The number of amides is 1. The van der Waals surface area contributed by atoms with Gasteiger partial charge < -0.3 is 0 Å². The number of fused-ring (bicyclic) bond motifs is 1. The second-order valence-corrected chi connectivity index (χ2v) is 9.73. The van der Waals surface area contributed by atoms with Gasteiger partial charge in [0.2, 0.25) is 0 Å². The molecule has 33 heavy (non-hydrogen) atoms. The summed E-state index contributed by atoms with van der Waals surface area (Å²) in [6.07, 6.45) is 0. The van der Waals surface area contributed by atoms with Gasteiger partial charge in [-0.05, 0) is 70.8 Å². The molecule has 0 saturated heterocycles. The number of hydrogen-bond donors (Lipinski definition) is 1. The lowest BCUT2D eigenvalue weighted by Crippen LogP contribution is -2.30. The molecule has 0 aliphatic heterocycles. The Morgan fingerprint density at radius 1 is 0.758 bits per heavy atom. The van der Waals surface area contributed by atoms with Crippen molar-refractivity contribution in [2.75, 3.05) is 0 Å². The summed E-state index contributed by atoms with van der Waals surface area (Å²) < 4.78 is 27.5. The van der Waals surface area contributed by atoms with E-state index < -0.39 is 15.9 Å². The van der Waals surface area contributed by atoms with Crippen LogP contribution in [0.2, 0.25) is 0 Å². The minimum atomic E-state index is -3.99. The van der Waals surface area contributed by atoms with Gasteiger partial charge in [0.1, 0.15) is 0 Å². The van der Waals surface area contributed by atoms with Crippen LogP contribution in [0.15, 0.2) is 95.9 Å². The molecule has 164 valence electrons. The predicted molar refractivity (Wildman–Crippen MR) is 132 cm³/mol. The Balaban J connectivity index is 1.46. The highest BCUT2D eigenvalue weighted by atomic mass is 32.2. The fourth-order valence-corrected chi connectivity index (χ4v) is 4.38. The van der Waals surface area contributed by atoms with Crippen LogP contribution < -0.4 is 4.72 Å². The maximum absolute atomic E-state index is 12.7. The number of sulfonamides is 1. The highest BCUT2D eigenvalue weighted by Gasteiger charge is 2.19. The van der Waals surface area contributed by atoms with Crippen LogP contribution in [0.25, 0.3) is 10.8 Å². The topological polar surface area (TPSA) is 63.2 Å². The molecule has 0 fully saturated rings. The maximum Gasteiger partial charge on any atom is 0.264 e. The Morgan fingerprint density at radius 3 is 1.94 bits per heavy atom. The van der Waals surface area contributed by atoms with E-state index in [1.807, 2.05) is 36.4 Å². The van der Waals surface area contributed by atoms with Crippen molar-refractivity contribution in [3.63, 3.8) is 0 Å². The summed E-state index contributed by atoms with van der Waals surface area (Å²) in [7, 11) is -3.99. The quantitative estimate of drug-likeness (QED) is 0.416. The SMILES string of the molecule is CC(C)c1ccc(C#Cc2ccc(C(=O)NS(=O)(=O)c3ccc4ccccc4c3)cc2)cc1. The van der Waals surface area contributed by atoms with Gasteiger partial charge in [0.15, 0.2) is 0 Å². The van der Waals surface area contributed by atoms with Gasteiger partial charge in [-0.1, -0.05) is 68.2 Å². The molecule has 1 amide bonds. The molecule has 0 saturated carbocycles. The third-order valence-corrected chi connectivity index (χ3v) is 6.66. The normalized spacial score (nSPS) is 11.1. The Hall–Kier alpha value is -3.88. The summed E-state index contributed by atoms with van der Waals surface area (Å²) in [4.78, 5) is 12.6. The largest absolute Gasteiger partial charge is 0.268 e. The lowest BCUT2D eigenvalue weighted by molar-refractivity contribution is 0.0981. The van der Waals surface area contributed by atoms with Crippen molar-refractivity contribution in [1.82, 2.24) is 4.72 Å². The molecule has 0 atom stereocenters. The second kappa shape index (κ2) is 9.32. The summed E-state index contributed by atoms with van der Waals surface area (Å²) in [5.74, 6) is 5.95. The Kier molecular flexibility index (Phi) is 6.30. The zero-order chi connectivity index (χ0) is 23.4. The van der Waals surface area contributed by atoms with Crippen LogP contribution in [0.4, 0.5) is 0 Å². The Bertz CT molecular complexity index is 1470. The summed E-state index contributed by atoms with van der Waals surface area (Å²) in [5.41, 5.74) is 3.14. The average molecular weight is 454 g/mol. The van der Waals surface area contributed by atoms with Gasteiger partial charge in [0.25, 0.3) is 15.9 Å². The zero-order valence-electron chi connectivity index (χ0n) is 18.4. The fourth-order valence-electron chi connectivity index (χ4n) is 3.38. The number of carbonyl (C=O) groups is 1. The molecule has 0 spiro atoms. The number of hydrogen-bond acceptors (Lipinski definition) is 3. The molecular weight excluding hydrogens is 430 g/mol. The van der Waals surface area contributed by atoms with Gasteiger partial charge in [-0.3, -0.25) is 4.79 Å². The smallest absolute Gasteiger partial charge is 0.264 e. The average Bonchev–Trinajstić information content (AvgIpc) is 2.82. The number of rotatable bonds is 4. The van der Waals surface area contributed by atoms with Gasteiger partial charge in [-0.2, -0.15) is 0 Å². The lowest BCUT2D eigenvalue weighted by atomic mass is 10.0. The molecular formula is C28H23NO3S. The van der Waals surface area contributed by atoms with Crippen molar-refractivity contribution in [2.45, 2.75) is 24.7 Å². The highest BCUT2D eigenvalue weighted by Crippen LogP contribution is 2.19. The molecule has 0 aliphatic carbocycles. The third-order valence-electron chi connectivity index (χ3n) is 5.33. The first kappa shape index (κ1) is 22.3. The van der Waals surface area contributed by atoms with Crippen molar-refractivity contribution in [3.8, 4) is 11.8 Å². The molecule has 0 radical (unpaired) electrons. The van der Waals surface area contributed by atoms with Gasteiger partial charge >= 0.3 is 0 Å². The maximum atomic E-state index is 12.7. The lowest BCUT2D eigenvalue weighted by Gasteiger charge is -2.08. The molecule has 5 heteroatoms. The van der Waals surface area contributed by atoms with E-state index >= 15 is 0 Å². The van der Waals surface area contributed by atoms with E-state index in [1.54, 1.807) is 36.4 Å². The fraction of sp³-hybridized carbons (Fsp3) is 0.107. The first-order chi connectivity index (χ1) is 15.8. The second-order valence-electron chi connectivity index (χ2n) is 8.05. The molecule has 0 aliphatic rings. The van der Waals surface area contributed by atoms with Gasteiger partial charge in [0, 0.05) is 16.7 Å². The number of carbonyl (C=O) groups excluding carboxylic acids is 1. The summed E-state index contributed by atoms with van der Waals surface area (Å²) in [6, 6.07) is 26.9. The minimum Gasteiger partial charge on any atom is -0.268 e. The standard InChI is InChI=1S/C28H23NO3S/c1-20(2)23-13-9-21(10-14-23)7-8-22-11-15-25(16-12-22)28(30)29-33(31,32)27-18-17-24-5-3-4-6-26(24)19-27/h3-6,9-20H,1-2H3,(H,29,30). The van der Waals surface area contributed by atoms with Crippen LogP contribution in [0, 0.1) is 11.8 Å². The molecule has 0 unspecified atom stereocenters. The van der Waals surface area contributed by atoms with Gasteiger partial charge in [0.05, 0.1) is 4.90 Å². The van der Waals surface area contributed by atoms with E-state index in [2.05, 4.69) is 42.5 Å². The molecule has 4 aromatic rings. The van der Waals surface area contributed by atoms with E-state index in [0.29, 0.717) is 5.92 Å². The van der Waals surface area contributed by atoms with Crippen LogP contribution >= 0.6 is 0 Å². The Morgan fingerprint density at radius 2 is 1.33 bits per heavy atom. The molecule has 4 rings (SSSR count). The molecule has 0 aromatic heterocycles. The van der Waals surface area contributed by atoms with Crippen molar-refractivity contribution in [2.24, 2.45) is 0 Å². The monoisotopic (exact) mass is 453 g/mol. The van der Waals surface area contributed by atoms with Crippen molar-refractivity contribution in [1.29, 1.82) is 0 Å².